The molecule has 1 amide bonds. The number of amides is 1. The summed E-state index contributed by atoms with van der Waals surface area (Å²) in [6, 6.07) is 4.21. The third-order valence-electron chi connectivity index (χ3n) is 1.95. The number of esters is 1. The van der Waals surface area contributed by atoms with Crippen LogP contribution in [0.1, 0.15) is 0 Å². The highest BCUT2D eigenvalue weighted by Crippen LogP contribution is 2.31. The van der Waals surface area contributed by atoms with E-state index in [2.05, 4.69) is 10.1 Å². The molecule has 96 valence electrons. The minimum atomic E-state index is -0.574. The van der Waals surface area contributed by atoms with Crippen molar-refractivity contribution >= 4 is 35.5 Å². The Morgan fingerprint density at radius 2 is 2.33 bits per heavy atom. The molecule has 8 heteroatoms. The smallest absolute Gasteiger partial charge is 0.315 e. The summed E-state index contributed by atoms with van der Waals surface area (Å²) in [4.78, 5) is 31.8. The zero-order valence-electron chi connectivity index (χ0n) is 9.41. The molecule has 0 fully saturated rings. The van der Waals surface area contributed by atoms with Crippen LogP contribution in [0.25, 0.3) is 0 Å². The average Bonchev–Trinajstić information content (AvgIpc) is 2.36. The first-order chi connectivity index (χ1) is 8.58. The number of carbonyl (C=O) groups is 2. The Bertz CT molecular complexity index is 477. The number of nitro groups is 1. The summed E-state index contributed by atoms with van der Waals surface area (Å²) in [6.45, 7) is 0. The van der Waals surface area contributed by atoms with Gasteiger partial charge in [-0.25, -0.2) is 0 Å². The summed E-state index contributed by atoms with van der Waals surface area (Å²) in [5, 5.41) is 13.2. The molecule has 0 bridgehead atoms. The number of hydrogen-bond donors (Lipinski definition) is 1. The van der Waals surface area contributed by atoms with Gasteiger partial charge in [-0.2, -0.15) is 0 Å². The number of nitrogens with one attached hydrogen (secondary N) is 1. The first-order valence-electron chi connectivity index (χ1n) is 4.76. The summed E-state index contributed by atoms with van der Waals surface area (Å²) in [5.74, 6) is -0.484. The lowest BCUT2D eigenvalue weighted by molar-refractivity contribution is -0.387. The van der Waals surface area contributed by atoms with Crippen molar-refractivity contribution in [2.24, 2.45) is 0 Å². The maximum Gasteiger partial charge on any atom is 0.315 e. The van der Waals surface area contributed by atoms with E-state index in [1.165, 1.54) is 25.3 Å². The third kappa shape index (κ3) is 3.74. The second kappa shape index (κ2) is 6.60. The quantitative estimate of drug-likeness (QED) is 0.276. The van der Waals surface area contributed by atoms with Gasteiger partial charge in [-0.3, -0.25) is 19.7 Å². The van der Waals surface area contributed by atoms with Gasteiger partial charge in [0.05, 0.1) is 22.7 Å². The maximum atomic E-state index is 11.0. The van der Waals surface area contributed by atoms with Gasteiger partial charge in [0, 0.05) is 11.8 Å². The lowest BCUT2D eigenvalue weighted by Crippen LogP contribution is -2.03. The Labute approximate surface area is 107 Å². The zero-order chi connectivity index (χ0) is 13.5. The Hall–Kier alpha value is -2.09. The molecule has 0 heterocycles. The molecule has 0 spiro atoms. The molecule has 18 heavy (non-hydrogen) atoms. The highest BCUT2D eigenvalue weighted by Gasteiger charge is 2.16. The normalized spacial score (nSPS) is 9.61. The molecule has 0 atom stereocenters. The molecule has 0 saturated heterocycles. The second-order valence-electron chi connectivity index (χ2n) is 3.07. The largest absolute Gasteiger partial charge is 0.468 e. The predicted octanol–water partition coefficient (Wildman–Crippen LogP) is 1.43. The molecule has 0 saturated carbocycles. The molecule has 0 aliphatic rings. The van der Waals surface area contributed by atoms with Crippen molar-refractivity contribution in [1.29, 1.82) is 0 Å². The van der Waals surface area contributed by atoms with E-state index in [0.717, 1.165) is 11.8 Å². The van der Waals surface area contributed by atoms with Gasteiger partial charge in [-0.05, 0) is 12.1 Å². The van der Waals surface area contributed by atoms with Crippen molar-refractivity contribution in [2.45, 2.75) is 4.90 Å². The molecule has 0 aliphatic heterocycles. The Kier molecular flexibility index (Phi) is 5.12. The molecule has 0 aliphatic carbocycles. The lowest BCUT2D eigenvalue weighted by atomic mass is 10.3. The van der Waals surface area contributed by atoms with E-state index >= 15 is 0 Å². The van der Waals surface area contributed by atoms with Gasteiger partial charge in [0.2, 0.25) is 6.41 Å². The number of carbonyl (C=O) groups excluding carboxylic acids is 2. The lowest BCUT2D eigenvalue weighted by Gasteiger charge is -2.04. The summed E-state index contributed by atoms with van der Waals surface area (Å²) < 4.78 is 4.45. The molecule has 7 nitrogen and oxygen atoms in total. The van der Waals surface area contributed by atoms with Crippen molar-refractivity contribution in [3.63, 3.8) is 0 Å². The summed E-state index contributed by atoms with van der Waals surface area (Å²) in [7, 11) is 1.24. The van der Waals surface area contributed by atoms with Crippen molar-refractivity contribution in [1.82, 2.24) is 0 Å². The Balaban J connectivity index is 2.93. The Morgan fingerprint density at radius 3 is 2.89 bits per heavy atom. The summed E-state index contributed by atoms with van der Waals surface area (Å²) in [5.41, 5.74) is 0.148. The number of hydrogen-bond acceptors (Lipinski definition) is 6. The number of nitrogens with zero attached hydrogens (tertiary/aromatic N) is 1. The number of benzene rings is 1. The van der Waals surface area contributed by atoms with Crippen molar-refractivity contribution in [3.05, 3.63) is 28.3 Å². The fourth-order valence-electron chi connectivity index (χ4n) is 1.14. The number of thioether (sulfide) groups is 1. The topological polar surface area (TPSA) is 98.5 Å². The molecule has 0 unspecified atom stereocenters. The first-order valence-corrected chi connectivity index (χ1v) is 5.75. The average molecular weight is 270 g/mol. The first kappa shape index (κ1) is 14.0. The molecule has 1 N–H and O–H groups in total. The predicted molar refractivity (Wildman–Crippen MR) is 65.5 cm³/mol. The number of methoxy groups -OCH3 is 1. The second-order valence-corrected chi connectivity index (χ2v) is 4.08. The standard InChI is InChI=1S/C10H10N2O5S/c1-17-10(14)5-18-9-3-2-7(11-6-13)4-8(9)12(15)16/h2-4,6H,5H2,1H3,(H,11,13). The number of nitro benzene ring substituents is 1. The van der Waals surface area contributed by atoms with E-state index in [-0.39, 0.29) is 11.4 Å². The van der Waals surface area contributed by atoms with Crippen LogP contribution in [0.15, 0.2) is 23.1 Å². The number of anilines is 1. The monoisotopic (exact) mass is 270 g/mol. The van der Waals surface area contributed by atoms with Gasteiger partial charge < -0.3 is 10.1 Å². The van der Waals surface area contributed by atoms with Crippen LogP contribution < -0.4 is 5.32 Å². The fourth-order valence-corrected chi connectivity index (χ4v) is 1.97. The Morgan fingerprint density at radius 1 is 1.61 bits per heavy atom. The molecule has 1 rings (SSSR count). The summed E-state index contributed by atoms with van der Waals surface area (Å²) >= 11 is 1.00. The van der Waals surface area contributed by atoms with Crippen LogP contribution in [0.5, 0.6) is 0 Å². The van der Waals surface area contributed by atoms with Gasteiger partial charge in [0.15, 0.2) is 0 Å². The maximum absolute atomic E-state index is 11.0. The molecule has 0 radical (unpaired) electrons. The number of rotatable bonds is 6. The van der Waals surface area contributed by atoms with Crippen LogP contribution in [0.2, 0.25) is 0 Å². The van der Waals surface area contributed by atoms with Crippen LogP contribution in [0, 0.1) is 10.1 Å². The van der Waals surface area contributed by atoms with Crippen LogP contribution >= 0.6 is 11.8 Å². The van der Waals surface area contributed by atoms with E-state index in [1.54, 1.807) is 0 Å². The summed E-state index contributed by atoms with van der Waals surface area (Å²) in [6.07, 6.45) is 0.431. The fraction of sp³-hybridized carbons (Fsp3) is 0.200. The SMILES string of the molecule is COC(=O)CSc1ccc(NC=O)cc1[N+](=O)[O-]. The molecule has 1 aromatic rings. The van der Waals surface area contributed by atoms with E-state index < -0.39 is 10.9 Å². The van der Waals surface area contributed by atoms with Crippen LogP contribution in [-0.4, -0.2) is 30.2 Å². The van der Waals surface area contributed by atoms with Crippen molar-refractivity contribution < 1.29 is 19.2 Å². The zero-order valence-corrected chi connectivity index (χ0v) is 10.2. The van der Waals surface area contributed by atoms with Crippen LogP contribution in [-0.2, 0) is 14.3 Å². The third-order valence-corrected chi connectivity index (χ3v) is 2.99. The minimum Gasteiger partial charge on any atom is -0.468 e. The van der Waals surface area contributed by atoms with E-state index in [9.17, 15) is 19.7 Å². The molecule has 0 aromatic heterocycles. The number of ether oxygens (including phenoxy) is 1. The van der Waals surface area contributed by atoms with Gasteiger partial charge in [-0.15, -0.1) is 11.8 Å². The van der Waals surface area contributed by atoms with Crippen molar-refractivity contribution in [2.75, 3.05) is 18.2 Å². The minimum absolute atomic E-state index is 0.0161. The van der Waals surface area contributed by atoms with Gasteiger partial charge in [0.25, 0.3) is 5.69 Å². The highest BCUT2D eigenvalue weighted by atomic mass is 32.2. The van der Waals surface area contributed by atoms with E-state index in [4.69, 9.17) is 0 Å². The van der Waals surface area contributed by atoms with Gasteiger partial charge >= 0.3 is 5.97 Å². The molecular formula is C10H10N2O5S. The molecule has 1 aromatic carbocycles. The molecular weight excluding hydrogens is 260 g/mol. The van der Waals surface area contributed by atoms with Gasteiger partial charge in [0.1, 0.15) is 0 Å². The van der Waals surface area contributed by atoms with Crippen molar-refractivity contribution in [3.8, 4) is 0 Å². The van der Waals surface area contributed by atoms with Gasteiger partial charge in [-0.1, -0.05) is 0 Å². The van der Waals surface area contributed by atoms with Crippen LogP contribution in [0.3, 0.4) is 0 Å². The van der Waals surface area contributed by atoms with E-state index in [0.29, 0.717) is 17.0 Å². The van der Waals surface area contributed by atoms with E-state index in [1.807, 2.05) is 0 Å². The highest BCUT2D eigenvalue weighted by molar-refractivity contribution is 8.00. The van der Waals surface area contributed by atoms with Crippen LogP contribution in [0.4, 0.5) is 11.4 Å².